The van der Waals surface area contributed by atoms with Crippen molar-refractivity contribution in [2.75, 3.05) is 6.61 Å². The number of phenols is 1. The summed E-state index contributed by atoms with van der Waals surface area (Å²) in [5.41, 5.74) is 4.04. The fourth-order valence-corrected chi connectivity index (χ4v) is 3.62. The Morgan fingerprint density at radius 1 is 0.919 bits per heavy atom. The van der Waals surface area contributed by atoms with E-state index < -0.39 is 11.8 Å². The SMILES string of the molecule is CCCOc1ccc(C=C(NC(=O)c2ccccc2)C(=O)NN=Cc2c(O)ccc3ccccc23)cc1. The Bertz CT molecular complexity index is 1450. The second kappa shape index (κ2) is 12.2. The minimum atomic E-state index is -0.619. The van der Waals surface area contributed by atoms with Gasteiger partial charge in [-0.3, -0.25) is 9.59 Å². The lowest BCUT2D eigenvalue weighted by Crippen LogP contribution is -2.32. The Kier molecular flexibility index (Phi) is 8.29. The summed E-state index contributed by atoms with van der Waals surface area (Å²) in [6.45, 7) is 2.64. The van der Waals surface area contributed by atoms with Crippen LogP contribution >= 0.6 is 0 Å². The van der Waals surface area contributed by atoms with Crippen molar-refractivity contribution in [3.05, 3.63) is 113 Å². The molecule has 7 nitrogen and oxygen atoms in total. The minimum absolute atomic E-state index is 0.00960. The zero-order valence-corrected chi connectivity index (χ0v) is 20.3. The van der Waals surface area contributed by atoms with Crippen LogP contribution in [0.4, 0.5) is 0 Å². The van der Waals surface area contributed by atoms with Gasteiger partial charge in [-0.25, -0.2) is 5.43 Å². The highest BCUT2D eigenvalue weighted by molar-refractivity contribution is 6.06. The monoisotopic (exact) mass is 493 g/mol. The quantitative estimate of drug-likeness (QED) is 0.168. The maximum Gasteiger partial charge on any atom is 0.287 e. The lowest BCUT2D eigenvalue weighted by molar-refractivity contribution is -0.117. The third kappa shape index (κ3) is 6.61. The van der Waals surface area contributed by atoms with Crippen LogP contribution in [0.2, 0.25) is 0 Å². The molecule has 4 aromatic carbocycles. The number of hydrogen-bond donors (Lipinski definition) is 3. The zero-order valence-electron chi connectivity index (χ0n) is 20.3. The van der Waals surface area contributed by atoms with E-state index in [0.717, 1.165) is 22.9 Å². The van der Waals surface area contributed by atoms with Crippen LogP contribution in [-0.2, 0) is 4.79 Å². The third-order valence-electron chi connectivity index (χ3n) is 5.50. The highest BCUT2D eigenvalue weighted by atomic mass is 16.5. The number of ether oxygens (including phenoxy) is 1. The van der Waals surface area contributed by atoms with Gasteiger partial charge in [0.15, 0.2) is 0 Å². The second-order valence-corrected chi connectivity index (χ2v) is 8.21. The molecule has 0 unspecified atom stereocenters. The predicted molar refractivity (Wildman–Crippen MR) is 145 cm³/mol. The Morgan fingerprint density at radius 3 is 2.41 bits per heavy atom. The molecule has 0 aliphatic carbocycles. The molecule has 0 fully saturated rings. The van der Waals surface area contributed by atoms with Gasteiger partial charge in [0.2, 0.25) is 0 Å². The number of nitrogens with zero attached hydrogens (tertiary/aromatic N) is 1. The number of aromatic hydroxyl groups is 1. The number of carbonyl (C=O) groups is 2. The zero-order chi connectivity index (χ0) is 26.0. The molecule has 4 aromatic rings. The van der Waals surface area contributed by atoms with Crippen molar-refractivity contribution in [1.82, 2.24) is 10.7 Å². The molecule has 0 atom stereocenters. The van der Waals surface area contributed by atoms with E-state index in [4.69, 9.17) is 4.74 Å². The van der Waals surface area contributed by atoms with Crippen molar-refractivity contribution in [2.24, 2.45) is 5.10 Å². The second-order valence-electron chi connectivity index (χ2n) is 8.21. The van der Waals surface area contributed by atoms with E-state index in [1.807, 2.05) is 31.2 Å². The number of rotatable bonds is 9. The van der Waals surface area contributed by atoms with Crippen LogP contribution in [0.15, 0.2) is 102 Å². The first-order valence-electron chi connectivity index (χ1n) is 11.9. The van der Waals surface area contributed by atoms with E-state index in [2.05, 4.69) is 15.8 Å². The number of fused-ring (bicyclic) bond motifs is 1. The molecule has 0 aliphatic rings. The van der Waals surface area contributed by atoms with E-state index in [1.165, 1.54) is 6.21 Å². The smallest absolute Gasteiger partial charge is 0.287 e. The van der Waals surface area contributed by atoms with Crippen molar-refractivity contribution in [3.8, 4) is 11.5 Å². The number of carbonyl (C=O) groups excluding carboxylic acids is 2. The Balaban J connectivity index is 1.57. The van der Waals surface area contributed by atoms with Crippen LogP contribution < -0.4 is 15.5 Å². The Morgan fingerprint density at radius 2 is 1.65 bits per heavy atom. The lowest BCUT2D eigenvalue weighted by Gasteiger charge is -2.10. The molecule has 0 radical (unpaired) electrons. The predicted octanol–water partition coefficient (Wildman–Crippen LogP) is 5.26. The van der Waals surface area contributed by atoms with Gasteiger partial charge in [-0.15, -0.1) is 0 Å². The highest BCUT2D eigenvalue weighted by Gasteiger charge is 2.14. The number of hydrazone groups is 1. The Hall–Kier alpha value is -4.91. The highest BCUT2D eigenvalue weighted by Crippen LogP contribution is 2.25. The Labute approximate surface area is 215 Å². The van der Waals surface area contributed by atoms with E-state index >= 15 is 0 Å². The summed E-state index contributed by atoms with van der Waals surface area (Å²) in [5, 5.41) is 18.8. The van der Waals surface area contributed by atoms with Gasteiger partial charge in [0.05, 0.1) is 12.8 Å². The third-order valence-corrected chi connectivity index (χ3v) is 5.50. The van der Waals surface area contributed by atoms with Gasteiger partial charge in [0, 0.05) is 11.1 Å². The van der Waals surface area contributed by atoms with E-state index in [0.29, 0.717) is 23.3 Å². The normalized spacial score (nSPS) is 11.4. The molecule has 37 heavy (non-hydrogen) atoms. The number of phenolic OH excluding ortho intramolecular Hbond substituents is 1. The molecule has 4 rings (SSSR count). The van der Waals surface area contributed by atoms with Gasteiger partial charge in [-0.2, -0.15) is 5.10 Å². The van der Waals surface area contributed by atoms with Crippen molar-refractivity contribution in [2.45, 2.75) is 13.3 Å². The molecule has 0 saturated carbocycles. The number of nitrogens with one attached hydrogen (secondary N) is 2. The van der Waals surface area contributed by atoms with Crippen LogP contribution in [0.25, 0.3) is 16.8 Å². The molecule has 0 aliphatic heterocycles. The van der Waals surface area contributed by atoms with Crippen LogP contribution in [0.3, 0.4) is 0 Å². The summed E-state index contributed by atoms with van der Waals surface area (Å²) in [7, 11) is 0. The molecule has 0 saturated heterocycles. The average Bonchev–Trinajstić information content (AvgIpc) is 2.93. The first-order valence-corrected chi connectivity index (χ1v) is 11.9. The summed E-state index contributed by atoms with van der Waals surface area (Å²) >= 11 is 0. The van der Waals surface area contributed by atoms with Crippen molar-refractivity contribution in [1.29, 1.82) is 0 Å². The van der Waals surface area contributed by atoms with Crippen molar-refractivity contribution in [3.63, 3.8) is 0 Å². The van der Waals surface area contributed by atoms with Gasteiger partial charge < -0.3 is 15.2 Å². The van der Waals surface area contributed by atoms with Gasteiger partial charge in [-0.05, 0) is 59.2 Å². The molecule has 0 bridgehead atoms. The molecule has 3 N–H and O–H groups in total. The van der Waals surface area contributed by atoms with Gasteiger partial charge in [0.25, 0.3) is 11.8 Å². The van der Waals surface area contributed by atoms with Crippen LogP contribution in [0.5, 0.6) is 11.5 Å². The summed E-state index contributed by atoms with van der Waals surface area (Å²) in [6.07, 6.45) is 3.84. The number of hydrogen-bond acceptors (Lipinski definition) is 5. The standard InChI is InChI=1S/C30H27N3O4/c1-2-18-37-24-15-12-21(13-16-24)19-27(32-29(35)23-9-4-3-5-10-23)30(36)33-31-20-26-25-11-7-6-8-22(25)14-17-28(26)34/h3-17,19-20,34H,2,18H2,1H3,(H,32,35)(H,33,36). The molecule has 0 heterocycles. The summed E-state index contributed by atoms with van der Waals surface area (Å²) in [5.74, 6) is -0.291. The minimum Gasteiger partial charge on any atom is -0.507 e. The van der Waals surface area contributed by atoms with Crippen molar-refractivity contribution < 1.29 is 19.4 Å². The average molecular weight is 494 g/mol. The largest absolute Gasteiger partial charge is 0.507 e. The molecule has 7 heteroatoms. The maximum absolute atomic E-state index is 13.1. The first-order chi connectivity index (χ1) is 18.0. The molecule has 0 aromatic heterocycles. The summed E-state index contributed by atoms with van der Waals surface area (Å²) in [4.78, 5) is 25.9. The van der Waals surface area contributed by atoms with E-state index in [9.17, 15) is 14.7 Å². The maximum atomic E-state index is 13.1. The molecular formula is C30H27N3O4. The van der Waals surface area contributed by atoms with Crippen LogP contribution in [0, 0.1) is 0 Å². The van der Waals surface area contributed by atoms with Gasteiger partial charge in [0.1, 0.15) is 17.2 Å². The van der Waals surface area contributed by atoms with Gasteiger partial charge >= 0.3 is 0 Å². The van der Waals surface area contributed by atoms with Crippen molar-refractivity contribution >= 4 is 34.9 Å². The molecule has 2 amide bonds. The number of benzene rings is 4. The molecular weight excluding hydrogens is 466 g/mol. The lowest BCUT2D eigenvalue weighted by atomic mass is 10.0. The first kappa shape index (κ1) is 25.2. The summed E-state index contributed by atoms with van der Waals surface area (Å²) in [6, 6.07) is 26.7. The summed E-state index contributed by atoms with van der Waals surface area (Å²) < 4.78 is 5.61. The van der Waals surface area contributed by atoms with Gasteiger partial charge in [-0.1, -0.05) is 67.6 Å². The van der Waals surface area contributed by atoms with E-state index in [-0.39, 0.29) is 11.4 Å². The van der Waals surface area contributed by atoms with Crippen LogP contribution in [-0.4, -0.2) is 29.7 Å². The molecule has 186 valence electrons. The fourth-order valence-electron chi connectivity index (χ4n) is 3.62. The van der Waals surface area contributed by atoms with Crippen LogP contribution in [0.1, 0.15) is 34.8 Å². The number of amides is 2. The fraction of sp³-hybridized carbons (Fsp3) is 0.100. The topological polar surface area (TPSA) is 100 Å². The van der Waals surface area contributed by atoms with E-state index in [1.54, 1.807) is 72.8 Å². The molecule has 0 spiro atoms.